The molecule has 1 aromatic carbocycles. The third-order valence-corrected chi connectivity index (χ3v) is 8.00. The number of rotatable bonds is 18. The molecule has 0 N–H and O–H groups in total. The van der Waals surface area contributed by atoms with Crippen LogP contribution in [-0.4, -0.2) is 111 Å². The molecule has 1 aliphatic heterocycles. The van der Waals surface area contributed by atoms with Crippen LogP contribution < -0.4 is 19.6 Å². The average Bonchev–Trinajstić information content (AvgIpc) is 3.05. The SMILES string of the molecule is C=C1CN(c2nc(N(CCC)CCC)nc3c(N(C)Cc4ccccc4)nc(N(CCOCC)CCOCC)nc23)CCN1C. The molecule has 0 unspecified atom stereocenters. The van der Waals surface area contributed by atoms with Gasteiger partial charge in [-0.1, -0.05) is 50.8 Å². The van der Waals surface area contributed by atoms with Gasteiger partial charge in [-0.3, -0.25) is 0 Å². The molecule has 11 nitrogen and oxygen atoms in total. The molecule has 11 heteroatoms. The number of fused-ring (bicyclic) bond motifs is 1. The number of nitrogens with zero attached hydrogens (tertiary/aromatic N) is 9. The van der Waals surface area contributed by atoms with Crippen molar-refractivity contribution in [1.82, 2.24) is 24.8 Å². The second-order valence-corrected chi connectivity index (χ2v) is 11.5. The maximum absolute atomic E-state index is 5.76. The van der Waals surface area contributed by atoms with Crippen molar-refractivity contribution in [3.05, 3.63) is 48.2 Å². The maximum atomic E-state index is 5.76. The van der Waals surface area contributed by atoms with Crippen molar-refractivity contribution < 1.29 is 9.47 Å². The standard InChI is InChI=1S/C34H53N9O2/c1-8-17-41(18-9-2)34-35-29-30(32(38-34)43-20-19-39(6)27(5)25-43)36-33(42(21-23-44-10-3)22-24-45-11-4)37-31(29)40(7)26-28-15-13-12-14-16-28/h12-16H,5,8-11,17-26H2,1-4,6-7H3. The van der Waals surface area contributed by atoms with Crippen LogP contribution in [0.15, 0.2) is 42.6 Å². The van der Waals surface area contributed by atoms with Gasteiger partial charge in [0.25, 0.3) is 0 Å². The Kier molecular flexibility index (Phi) is 13.0. The van der Waals surface area contributed by atoms with Crippen LogP contribution in [0, 0.1) is 0 Å². The van der Waals surface area contributed by atoms with Crippen molar-refractivity contribution in [2.45, 2.75) is 47.1 Å². The van der Waals surface area contributed by atoms with Gasteiger partial charge < -0.3 is 34.0 Å². The summed E-state index contributed by atoms with van der Waals surface area (Å²) >= 11 is 0. The van der Waals surface area contributed by atoms with Gasteiger partial charge in [0.05, 0.1) is 19.8 Å². The molecule has 1 saturated heterocycles. The van der Waals surface area contributed by atoms with Crippen LogP contribution in [0.1, 0.15) is 46.1 Å². The minimum absolute atomic E-state index is 0.572. The lowest BCUT2D eigenvalue weighted by Gasteiger charge is -2.37. The molecule has 0 bridgehead atoms. The zero-order valence-corrected chi connectivity index (χ0v) is 28.3. The van der Waals surface area contributed by atoms with Gasteiger partial charge >= 0.3 is 0 Å². The predicted octanol–water partition coefficient (Wildman–Crippen LogP) is 4.83. The Hall–Kier alpha value is -3.70. The minimum Gasteiger partial charge on any atom is -0.380 e. The van der Waals surface area contributed by atoms with Crippen LogP contribution in [0.2, 0.25) is 0 Å². The van der Waals surface area contributed by atoms with Gasteiger partial charge in [-0.05, 0) is 32.3 Å². The highest BCUT2D eigenvalue weighted by molar-refractivity contribution is 5.95. The molecule has 3 heterocycles. The molecule has 0 spiro atoms. The third kappa shape index (κ3) is 8.94. The first-order valence-corrected chi connectivity index (χ1v) is 16.5. The van der Waals surface area contributed by atoms with Crippen LogP contribution in [0.5, 0.6) is 0 Å². The van der Waals surface area contributed by atoms with E-state index in [1.165, 1.54) is 5.56 Å². The van der Waals surface area contributed by atoms with Gasteiger partial charge in [0, 0.05) is 78.8 Å². The van der Waals surface area contributed by atoms with Gasteiger partial charge in [-0.15, -0.1) is 0 Å². The molecule has 4 rings (SSSR count). The number of hydrogen-bond acceptors (Lipinski definition) is 11. The molecule has 246 valence electrons. The first kappa shape index (κ1) is 34.2. The molecule has 1 fully saturated rings. The van der Waals surface area contributed by atoms with Gasteiger partial charge in [0.1, 0.15) is 11.0 Å². The Morgan fingerprint density at radius 3 is 1.98 bits per heavy atom. The minimum atomic E-state index is 0.572. The Morgan fingerprint density at radius 1 is 0.778 bits per heavy atom. The van der Waals surface area contributed by atoms with Gasteiger partial charge in [0.2, 0.25) is 11.9 Å². The highest BCUT2D eigenvalue weighted by atomic mass is 16.5. The van der Waals surface area contributed by atoms with Gasteiger partial charge in [-0.25, -0.2) is 9.97 Å². The van der Waals surface area contributed by atoms with E-state index in [1.807, 2.05) is 19.9 Å². The summed E-state index contributed by atoms with van der Waals surface area (Å²) in [6.45, 7) is 21.3. The second kappa shape index (κ2) is 17.1. The van der Waals surface area contributed by atoms with Crippen molar-refractivity contribution in [2.24, 2.45) is 0 Å². The Balaban J connectivity index is 1.94. The van der Waals surface area contributed by atoms with Crippen LogP contribution in [0.3, 0.4) is 0 Å². The van der Waals surface area contributed by atoms with E-state index in [1.54, 1.807) is 0 Å². The lowest BCUT2D eigenvalue weighted by Crippen LogP contribution is -2.43. The van der Waals surface area contributed by atoms with E-state index in [4.69, 9.17) is 29.4 Å². The summed E-state index contributed by atoms with van der Waals surface area (Å²) in [6.07, 6.45) is 2.01. The number of benzene rings is 1. The Labute approximate surface area is 269 Å². The number of anilines is 4. The van der Waals surface area contributed by atoms with E-state index < -0.39 is 0 Å². The molecule has 45 heavy (non-hydrogen) atoms. The summed E-state index contributed by atoms with van der Waals surface area (Å²) in [5, 5.41) is 0. The largest absolute Gasteiger partial charge is 0.380 e. The van der Waals surface area contributed by atoms with Crippen LogP contribution in [0.25, 0.3) is 11.0 Å². The summed E-state index contributed by atoms with van der Waals surface area (Å²) in [6, 6.07) is 10.5. The molecule has 3 aromatic rings. The Morgan fingerprint density at radius 2 is 1.38 bits per heavy atom. The predicted molar refractivity (Wildman–Crippen MR) is 186 cm³/mol. The molecule has 0 aliphatic carbocycles. The van der Waals surface area contributed by atoms with Crippen molar-refractivity contribution in [1.29, 1.82) is 0 Å². The van der Waals surface area contributed by atoms with Crippen LogP contribution in [0.4, 0.5) is 23.5 Å². The summed E-state index contributed by atoms with van der Waals surface area (Å²) in [5.41, 5.74) is 3.76. The van der Waals surface area contributed by atoms with Gasteiger partial charge in [-0.2, -0.15) is 9.97 Å². The molecule has 0 radical (unpaired) electrons. The van der Waals surface area contributed by atoms with E-state index in [0.29, 0.717) is 58.6 Å². The van der Waals surface area contributed by atoms with Crippen molar-refractivity contribution in [2.75, 3.05) is 106 Å². The second-order valence-electron chi connectivity index (χ2n) is 11.5. The lowest BCUT2D eigenvalue weighted by molar-refractivity contribution is 0.141. The fourth-order valence-corrected chi connectivity index (χ4v) is 5.50. The molecular formula is C34H53N9O2. The smallest absolute Gasteiger partial charge is 0.228 e. The monoisotopic (exact) mass is 619 g/mol. The molecule has 0 amide bonds. The fourth-order valence-electron chi connectivity index (χ4n) is 5.50. The zero-order chi connectivity index (χ0) is 32.2. The number of piperazine rings is 1. The summed E-state index contributed by atoms with van der Waals surface area (Å²) in [7, 11) is 4.18. The maximum Gasteiger partial charge on any atom is 0.228 e. The van der Waals surface area contributed by atoms with E-state index in [2.05, 4.69) is 83.3 Å². The number of hydrogen-bond donors (Lipinski definition) is 0. The summed E-state index contributed by atoms with van der Waals surface area (Å²) in [4.78, 5) is 32.1. The summed E-state index contributed by atoms with van der Waals surface area (Å²) < 4.78 is 11.5. The fraction of sp³-hybridized carbons (Fsp3) is 0.588. The number of aromatic nitrogens is 4. The van der Waals surface area contributed by atoms with Crippen molar-refractivity contribution in [3.8, 4) is 0 Å². The molecule has 2 aromatic heterocycles. The molecular weight excluding hydrogens is 566 g/mol. The van der Waals surface area contributed by atoms with E-state index in [-0.39, 0.29) is 0 Å². The summed E-state index contributed by atoms with van der Waals surface area (Å²) in [5.74, 6) is 2.96. The zero-order valence-electron chi connectivity index (χ0n) is 28.3. The molecule has 0 atom stereocenters. The van der Waals surface area contributed by atoms with Crippen LogP contribution in [-0.2, 0) is 16.0 Å². The average molecular weight is 620 g/mol. The number of ether oxygens (including phenoxy) is 2. The Bertz CT molecular complexity index is 1340. The van der Waals surface area contributed by atoms with Crippen molar-refractivity contribution >= 4 is 34.6 Å². The first-order chi connectivity index (χ1) is 21.9. The van der Waals surface area contributed by atoms with E-state index in [0.717, 1.165) is 73.3 Å². The highest BCUT2D eigenvalue weighted by Crippen LogP contribution is 2.34. The van der Waals surface area contributed by atoms with Crippen LogP contribution >= 0.6 is 0 Å². The normalized spacial score (nSPS) is 13.5. The quantitative estimate of drug-likeness (QED) is 0.184. The number of likely N-dealkylation sites (N-methyl/N-ethyl adjacent to an activating group) is 1. The lowest BCUT2D eigenvalue weighted by atomic mass is 10.2. The highest BCUT2D eigenvalue weighted by Gasteiger charge is 2.27. The van der Waals surface area contributed by atoms with E-state index >= 15 is 0 Å². The third-order valence-electron chi connectivity index (χ3n) is 8.00. The topological polar surface area (TPSA) is 86.2 Å². The van der Waals surface area contributed by atoms with E-state index in [9.17, 15) is 0 Å². The first-order valence-electron chi connectivity index (χ1n) is 16.5. The van der Waals surface area contributed by atoms with Crippen molar-refractivity contribution in [3.63, 3.8) is 0 Å². The molecule has 1 aliphatic rings. The molecule has 0 saturated carbocycles. The van der Waals surface area contributed by atoms with Gasteiger partial charge in [0.15, 0.2) is 11.6 Å².